The molecule has 0 radical (unpaired) electrons. The van der Waals surface area contributed by atoms with E-state index in [1.807, 2.05) is 0 Å². The molecule has 2 rings (SSSR count). The molecule has 1 unspecified atom stereocenters. The van der Waals surface area contributed by atoms with Gasteiger partial charge in [0.1, 0.15) is 5.75 Å². The summed E-state index contributed by atoms with van der Waals surface area (Å²) < 4.78 is 10.5. The van der Waals surface area contributed by atoms with Crippen LogP contribution in [0.5, 0.6) is 5.75 Å². The first-order chi connectivity index (χ1) is 8.43. The molecular formula is C14H18O4. The van der Waals surface area contributed by atoms with Crippen LogP contribution in [0.2, 0.25) is 0 Å². The Kier molecular flexibility index (Phi) is 3.30. The van der Waals surface area contributed by atoms with Crippen LogP contribution in [0.3, 0.4) is 0 Å². The zero-order valence-corrected chi connectivity index (χ0v) is 10.9. The highest BCUT2D eigenvalue weighted by atomic mass is 16.5. The number of carbonyl (C=O) groups is 1. The summed E-state index contributed by atoms with van der Waals surface area (Å²) in [5.74, 6) is 0.263. The Hall–Kier alpha value is -1.55. The molecule has 0 aliphatic carbocycles. The smallest absolute Gasteiger partial charge is 0.338 e. The maximum Gasteiger partial charge on any atom is 0.338 e. The van der Waals surface area contributed by atoms with Crippen LogP contribution >= 0.6 is 0 Å². The third-order valence-corrected chi connectivity index (χ3v) is 3.15. The minimum absolute atomic E-state index is 0.123. The summed E-state index contributed by atoms with van der Waals surface area (Å²) in [6.45, 7) is 6.04. The molecule has 98 valence electrons. The molecule has 0 spiro atoms. The van der Waals surface area contributed by atoms with E-state index in [0.29, 0.717) is 18.8 Å². The Morgan fingerprint density at radius 3 is 2.89 bits per heavy atom. The van der Waals surface area contributed by atoms with Gasteiger partial charge in [0.25, 0.3) is 0 Å². The molecule has 0 bridgehead atoms. The second-order valence-electron chi connectivity index (χ2n) is 4.99. The van der Waals surface area contributed by atoms with E-state index in [9.17, 15) is 9.90 Å². The average Bonchev–Trinajstić information content (AvgIpc) is 2.71. The number of esters is 1. The van der Waals surface area contributed by atoms with Gasteiger partial charge in [-0.15, -0.1) is 0 Å². The SMILES string of the molecule is CCOC(=O)c1ccc2c(c1)C(C(C)(C)O)CO2. The van der Waals surface area contributed by atoms with Crippen LogP contribution in [-0.4, -0.2) is 29.9 Å². The topological polar surface area (TPSA) is 55.8 Å². The van der Waals surface area contributed by atoms with Crippen LogP contribution < -0.4 is 4.74 Å². The molecular weight excluding hydrogens is 232 g/mol. The van der Waals surface area contributed by atoms with Gasteiger partial charge in [0, 0.05) is 5.56 Å². The molecule has 1 aromatic carbocycles. The van der Waals surface area contributed by atoms with E-state index in [1.54, 1.807) is 39.0 Å². The van der Waals surface area contributed by atoms with Gasteiger partial charge < -0.3 is 14.6 Å². The first kappa shape index (κ1) is 12.9. The Morgan fingerprint density at radius 2 is 2.28 bits per heavy atom. The highest BCUT2D eigenvalue weighted by Gasteiger charge is 2.36. The molecule has 0 saturated carbocycles. The second-order valence-corrected chi connectivity index (χ2v) is 4.99. The number of aliphatic hydroxyl groups is 1. The second kappa shape index (κ2) is 4.61. The summed E-state index contributed by atoms with van der Waals surface area (Å²) in [6, 6.07) is 5.19. The lowest BCUT2D eigenvalue weighted by Crippen LogP contribution is -2.29. The maximum atomic E-state index is 11.7. The fraction of sp³-hybridized carbons (Fsp3) is 0.500. The van der Waals surface area contributed by atoms with Gasteiger partial charge in [-0.2, -0.15) is 0 Å². The monoisotopic (exact) mass is 250 g/mol. The molecule has 1 atom stereocenters. The summed E-state index contributed by atoms with van der Waals surface area (Å²) in [7, 11) is 0. The lowest BCUT2D eigenvalue weighted by molar-refractivity contribution is 0.0419. The van der Waals surface area contributed by atoms with E-state index in [1.165, 1.54) is 0 Å². The van der Waals surface area contributed by atoms with Crippen molar-refractivity contribution in [2.45, 2.75) is 32.3 Å². The van der Waals surface area contributed by atoms with Crippen LogP contribution in [0.25, 0.3) is 0 Å². The van der Waals surface area contributed by atoms with E-state index < -0.39 is 5.60 Å². The van der Waals surface area contributed by atoms with E-state index in [0.717, 1.165) is 11.3 Å². The van der Waals surface area contributed by atoms with Gasteiger partial charge in [-0.05, 0) is 39.0 Å². The van der Waals surface area contributed by atoms with Crippen molar-refractivity contribution in [2.75, 3.05) is 13.2 Å². The molecule has 0 amide bonds. The van der Waals surface area contributed by atoms with Crippen molar-refractivity contribution < 1.29 is 19.4 Å². The Morgan fingerprint density at radius 1 is 1.56 bits per heavy atom. The molecule has 0 saturated heterocycles. The molecule has 4 heteroatoms. The molecule has 1 aliphatic rings. The van der Waals surface area contributed by atoms with E-state index >= 15 is 0 Å². The largest absolute Gasteiger partial charge is 0.493 e. The van der Waals surface area contributed by atoms with Crippen LogP contribution in [0.1, 0.15) is 42.6 Å². The zero-order valence-electron chi connectivity index (χ0n) is 10.9. The van der Waals surface area contributed by atoms with Crippen molar-refractivity contribution >= 4 is 5.97 Å². The number of rotatable bonds is 3. The van der Waals surface area contributed by atoms with Crippen molar-refractivity contribution in [3.63, 3.8) is 0 Å². The first-order valence-corrected chi connectivity index (χ1v) is 6.09. The predicted molar refractivity (Wildman–Crippen MR) is 66.9 cm³/mol. The number of benzene rings is 1. The van der Waals surface area contributed by atoms with Gasteiger partial charge in [-0.1, -0.05) is 0 Å². The highest BCUT2D eigenvalue weighted by Crippen LogP contribution is 2.40. The Labute approximate surface area is 107 Å². The van der Waals surface area contributed by atoms with Crippen LogP contribution in [0.15, 0.2) is 18.2 Å². The van der Waals surface area contributed by atoms with Crippen molar-refractivity contribution in [1.29, 1.82) is 0 Å². The lowest BCUT2D eigenvalue weighted by Gasteiger charge is -2.24. The fourth-order valence-electron chi connectivity index (χ4n) is 2.14. The maximum absolute atomic E-state index is 11.7. The van der Waals surface area contributed by atoms with Crippen molar-refractivity contribution in [1.82, 2.24) is 0 Å². The Balaban J connectivity index is 2.34. The summed E-state index contributed by atoms with van der Waals surface area (Å²) in [5, 5.41) is 10.1. The van der Waals surface area contributed by atoms with Crippen LogP contribution in [-0.2, 0) is 4.74 Å². The van der Waals surface area contributed by atoms with Gasteiger partial charge in [0.15, 0.2) is 0 Å². The van der Waals surface area contributed by atoms with E-state index in [4.69, 9.17) is 9.47 Å². The third-order valence-electron chi connectivity index (χ3n) is 3.15. The minimum atomic E-state index is -0.876. The van der Waals surface area contributed by atoms with Crippen LogP contribution in [0.4, 0.5) is 0 Å². The number of fused-ring (bicyclic) bond motifs is 1. The fourth-order valence-corrected chi connectivity index (χ4v) is 2.14. The van der Waals surface area contributed by atoms with Crippen molar-refractivity contribution in [3.05, 3.63) is 29.3 Å². The number of ether oxygens (including phenoxy) is 2. The molecule has 1 N–H and O–H groups in total. The van der Waals surface area contributed by atoms with Gasteiger partial charge >= 0.3 is 5.97 Å². The van der Waals surface area contributed by atoms with Crippen molar-refractivity contribution in [2.24, 2.45) is 0 Å². The molecule has 0 fully saturated rings. The molecule has 4 nitrogen and oxygen atoms in total. The average molecular weight is 250 g/mol. The number of carbonyl (C=O) groups excluding carboxylic acids is 1. The number of hydrogen-bond donors (Lipinski definition) is 1. The Bertz CT molecular complexity index is 459. The number of hydrogen-bond acceptors (Lipinski definition) is 4. The molecule has 1 aliphatic heterocycles. The quantitative estimate of drug-likeness (QED) is 0.835. The predicted octanol–water partition coefficient (Wildman–Crippen LogP) is 2.11. The first-order valence-electron chi connectivity index (χ1n) is 6.09. The summed E-state index contributed by atoms with van der Waals surface area (Å²) in [4.78, 5) is 11.7. The normalized spacial score (nSPS) is 18.1. The third kappa shape index (κ3) is 2.34. The molecule has 1 aromatic rings. The summed E-state index contributed by atoms with van der Waals surface area (Å²) >= 11 is 0. The zero-order chi connectivity index (χ0) is 13.3. The minimum Gasteiger partial charge on any atom is -0.493 e. The standard InChI is InChI=1S/C14H18O4/c1-4-17-13(15)9-5-6-12-10(7-9)11(8-18-12)14(2,3)16/h5-7,11,16H,4,8H2,1-3H3. The van der Waals surface area contributed by atoms with Gasteiger partial charge in [-0.3, -0.25) is 0 Å². The van der Waals surface area contributed by atoms with Gasteiger partial charge in [0.2, 0.25) is 0 Å². The van der Waals surface area contributed by atoms with Crippen LogP contribution in [0, 0.1) is 0 Å². The molecule has 1 heterocycles. The van der Waals surface area contributed by atoms with E-state index in [-0.39, 0.29) is 11.9 Å². The molecule has 18 heavy (non-hydrogen) atoms. The summed E-state index contributed by atoms with van der Waals surface area (Å²) in [6.07, 6.45) is 0. The highest BCUT2D eigenvalue weighted by molar-refractivity contribution is 5.90. The van der Waals surface area contributed by atoms with Crippen molar-refractivity contribution in [3.8, 4) is 5.75 Å². The lowest BCUT2D eigenvalue weighted by atomic mass is 9.86. The van der Waals surface area contributed by atoms with Gasteiger partial charge in [-0.25, -0.2) is 4.79 Å². The molecule has 0 aromatic heterocycles. The summed E-state index contributed by atoms with van der Waals surface area (Å²) in [5.41, 5.74) is 0.488. The van der Waals surface area contributed by atoms with E-state index in [2.05, 4.69) is 0 Å². The van der Waals surface area contributed by atoms with Gasteiger partial charge in [0.05, 0.1) is 30.3 Å².